The Kier molecular flexibility index (Phi) is 3.84. The van der Waals surface area contributed by atoms with E-state index in [2.05, 4.69) is 10.3 Å². The van der Waals surface area contributed by atoms with Gasteiger partial charge in [-0.1, -0.05) is 11.6 Å². The summed E-state index contributed by atoms with van der Waals surface area (Å²) in [5, 5.41) is 21.0. The Bertz CT molecular complexity index is 347. The molecule has 6 heteroatoms. The summed E-state index contributed by atoms with van der Waals surface area (Å²) in [6.45, 7) is 0.998. The largest absolute Gasteiger partial charge is 0.393 e. The number of rotatable bonds is 4. The number of aromatic nitrogens is 1. The van der Waals surface area contributed by atoms with Crippen molar-refractivity contribution >= 4 is 17.4 Å². The topological polar surface area (TPSA) is 65.4 Å². The molecule has 84 valence electrons. The fraction of sp³-hybridized carbons (Fsp3) is 0.444. The van der Waals surface area contributed by atoms with Gasteiger partial charge in [-0.25, -0.2) is 9.37 Å². The number of pyridine rings is 1. The van der Waals surface area contributed by atoms with E-state index in [1.54, 1.807) is 0 Å². The van der Waals surface area contributed by atoms with Gasteiger partial charge in [-0.15, -0.1) is 0 Å². The van der Waals surface area contributed by atoms with Crippen LogP contribution in [0.25, 0.3) is 0 Å². The van der Waals surface area contributed by atoms with Crippen molar-refractivity contribution in [2.24, 2.45) is 0 Å². The van der Waals surface area contributed by atoms with Crippen molar-refractivity contribution in [3.05, 3.63) is 23.1 Å². The molecule has 0 fully saturated rings. The van der Waals surface area contributed by atoms with E-state index in [4.69, 9.17) is 16.7 Å². The second-order valence-corrected chi connectivity index (χ2v) is 3.93. The van der Waals surface area contributed by atoms with Crippen LogP contribution in [0.2, 0.25) is 5.02 Å². The average Bonchev–Trinajstić information content (AvgIpc) is 2.16. The smallest absolute Gasteiger partial charge is 0.166 e. The molecule has 0 aromatic carbocycles. The Labute approximate surface area is 91.7 Å². The fourth-order valence-electron chi connectivity index (χ4n) is 0.875. The third-order valence-electron chi connectivity index (χ3n) is 1.79. The lowest BCUT2D eigenvalue weighted by atomic mass is 10.1. The van der Waals surface area contributed by atoms with Gasteiger partial charge in [0.25, 0.3) is 0 Å². The second kappa shape index (κ2) is 4.74. The molecule has 0 bridgehead atoms. The lowest BCUT2D eigenvalue weighted by Gasteiger charge is -2.20. The first-order chi connectivity index (χ1) is 6.94. The maximum atomic E-state index is 13.2. The summed E-state index contributed by atoms with van der Waals surface area (Å²) in [7, 11) is 0. The van der Waals surface area contributed by atoms with Crippen molar-refractivity contribution in [1.82, 2.24) is 4.98 Å². The first-order valence-corrected chi connectivity index (χ1v) is 4.70. The van der Waals surface area contributed by atoms with Crippen LogP contribution < -0.4 is 5.32 Å². The summed E-state index contributed by atoms with van der Waals surface area (Å²) in [6.07, 6.45) is 1.29. The van der Waals surface area contributed by atoms with Crippen LogP contribution in [0, 0.1) is 5.82 Å². The number of hydrogen-bond acceptors (Lipinski definition) is 4. The Morgan fingerprint density at radius 3 is 2.87 bits per heavy atom. The normalized spacial score (nSPS) is 14.7. The Morgan fingerprint density at radius 1 is 1.67 bits per heavy atom. The number of aliphatic hydroxyl groups excluding tert-OH is 1. The number of aliphatic hydroxyl groups is 2. The van der Waals surface area contributed by atoms with Gasteiger partial charge in [0.1, 0.15) is 5.60 Å². The van der Waals surface area contributed by atoms with Gasteiger partial charge in [-0.2, -0.15) is 0 Å². The highest BCUT2D eigenvalue weighted by Crippen LogP contribution is 2.16. The number of nitrogens with zero attached hydrogens (tertiary/aromatic N) is 1. The van der Waals surface area contributed by atoms with Gasteiger partial charge in [-0.3, -0.25) is 0 Å². The fourth-order valence-corrected chi connectivity index (χ4v) is 1.02. The standard InChI is InChI=1S/C9H12ClFN2O2/c1-9(15,5-14)4-13-8-7(11)2-6(10)3-12-8/h2-3,14-15H,4-5H2,1H3,(H,12,13). The maximum Gasteiger partial charge on any atom is 0.166 e. The monoisotopic (exact) mass is 234 g/mol. The third-order valence-corrected chi connectivity index (χ3v) is 1.99. The predicted molar refractivity (Wildman–Crippen MR) is 55.4 cm³/mol. The Morgan fingerprint density at radius 2 is 2.33 bits per heavy atom. The molecule has 0 aliphatic heterocycles. The van der Waals surface area contributed by atoms with Gasteiger partial charge in [-0.05, 0) is 13.0 Å². The Balaban J connectivity index is 2.66. The summed E-state index contributed by atoms with van der Waals surface area (Å²) in [4.78, 5) is 3.70. The molecule has 0 amide bonds. The summed E-state index contributed by atoms with van der Waals surface area (Å²) >= 11 is 5.51. The third kappa shape index (κ3) is 3.62. The van der Waals surface area contributed by atoms with Crippen molar-refractivity contribution in [3.63, 3.8) is 0 Å². The van der Waals surface area contributed by atoms with E-state index < -0.39 is 18.0 Å². The Hall–Kier alpha value is -0.910. The van der Waals surface area contributed by atoms with E-state index in [-0.39, 0.29) is 17.4 Å². The van der Waals surface area contributed by atoms with E-state index >= 15 is 0 Å². The van der Waals surface area contributed by atoms with Gasteiger partial charge in [0.15, 0.2) is 11.6 Å². The maximum absolute atomic E-state index is 13.2. The molecule has 1 atom stereocenters. The van der Waals surface area contributed by atoms with E-state index in [0.29, 0.717) is 0 Å². The van der Waals surface area contributed by atoms with E-state index in [0.717, 1.165) is 6.07 Å². The zero-order valence-electron chi connectivity index (χ0n) is 8.17. The average molecular weight is 235 g/mol. The van der Waals surface area contributed by atoms with Gasteiger partial charge >= 0.3 is 0 Å². The zero-order chi connectivity index (χ0) is 11.5. The number of anilines is 1. The highest BCUT2D eigenvalue weighted by atomic mass is 35.5. The molecule has 1 rings (SSSR count). The van der Waals surface area contributed by atoms with Crippen LogP contribution in [-0.4, -0.2) is 33.9 Å². The first-order valence-electron chi connectivity index (χ1n) is 4.33. The molecule has 1 unspecified atom stereocenters. The van der Waals surface area contributed by atoms with Gasteiger partial charge in [0, 0.05) is 12.7 Å². The molecule has 0 saturated carbocycles. The van der Waals surface area contributed by atoms with Crippen LogP contribution in [0.3, 0.4) is 0 Å². The SMILES string of the molecule is CC(O)(CO)CNc1ncc(Cl)cc1F. The van der Waals surface area contributed by atoms with Crippen LogP contribution in [0.15, 0.2) is 12.3 Å². The summed E-state index contributed by atoms with van der Waals surface area (Å²) < 4.78 is 13.2. The van der Waals surface area contributed by atoms with E-state index in [9.17, 15) is 9.50 Å². The van der Waals surface area contributed by atoms with Crippen LogP contribution >= 0.6 is 11.6 Å². The van der Waals surface area contributed by atoms with Crippen molar-refractivity contribution < 1.29 is 14.6 Å². The molecule has 0 radical (unpaired) electrons. The van der Waals surface area contributed by atoms with Gasteiger partial charge < -0.3 is 15.5 Å². The first kappa shape index (κ1) is 12.2. The van der Waals surface area contributed by atoms with Crippen molar-refractivity contribution in [2.45, 2.75) is 12.5 Å². The molecule has 4 nitrogen and oxygen atoms in total. The second-order valence-electron chi connectivity index (χ2n) is 3.49. The lowest BCUT2D eigenvalue weighted by Crippen LogP contribution is -2.37. The molecule has 1 aromatic rings. The van der Waals surface area contributed by atoms with Crippen LogP contribution in [0.4, 0.5) is 10.2 Å². The van der Waals surface area contributed by atoms with Crippen molar-refractivity contribution in [1.29, 1.82) is 0 Å². The molecular weight excluding hydrogens is 223 g/mol. The minimum atomic E-state index is -1.31. The molecule has 1 aromatic heterocycles. The minimum Gasteiger partial charge on any atom is -0.393 e. The zero-order valence-corrected chi connectivity index (χ0v) is 8.92. The molecule has 15 heavy (non-hydrogen) atoms. The van der Waals surface area contributed by atoms with E-state index in [1.165, 1.54) is 13.1 Å². The van der Waals surface area contributed by atoms with Crippen molar-refractivity contribution in [3.8, 4) is 0 Å². The van der Waals surface area contributed by atoms with Crippen LogP contribution in [0.5, 0.6) is 0 Å². The summed E-state index contributed by atoms with van der Waals surface area (Å²) in [6, 6.07) is 1.12. The van der Waals surface area contributed by atoms with Crippen LogP contribution in [-0.2, 0) is 0 Å². The highest BCUT2D eigenvalue weighted by Gasteiger charge is 2.19. The number of halogens is 2. The molecular formula is C9H12ClFN2O2. The molecule has 0 saturated heterocycles. The summed E-state index contributed by atoms with van der Waals surface area (Å²) in [5.41, 5.74) is -1.31. The highest BCUT2D eigenvalue weighted by molar-refractivity contribution is 6.30. The molecule has 3 N–H and O–H groups in total. The molecule has 0 aliphatic carbocycles. The molecule has 0 spiro atoms. The van der Waals surface area contributed by atoms with Gasteiger partial charge in [0.2, 0.25) is 0 Å². The molecule has 0 aliphatic rings. The van der Waals surface area contributed by atoms with Crippen LogP contribution in [0.1, 0.15) is 6.92 Å². The minimum absolute atomic E-state index is 0.00491. The quantitative estimate of drug-likeness (QED) is 0.728. The number of hydrogen-bond donors (Lipinski definition) is 3. The lowest BCUT2D eigenvalue weighted by molar-refractivity contribution is 0.0131. The van der Waals surface area contributed by atoms with Crippen molar-refractivity contribution in [2.75, 3.05) is 18.5 Å². The number of nitrogens with one attached hydrogen (secondary N) is 1. The van der Waals surface area contributed by atoms with Gasteiger partial charge in [0.05, 0.1) is 11.6 Å². The summed E-state index contributed by atoms with van der Waals surface area (Å²) in [5.74, 6) is -0.607. The van der Waals surface area contributed by atoms with E-state index in [1.807, 2.05) is 0 Å². The molecule has 1 heterocycles. The predicted octanol–water partition coefficient (Wildman–Crippen LogP) is 1.03.